The summed E-state index contributed by atoms with van der Waals surface area (Å²) < 4.78 is 45.4. The van der Waals surface area contributed by atoms with E-state index in [1.807, 2.05) is 6.07 Å². The zero-order valence-corrected chi connectivity index (χ0v) is 17.1. The van der Waals surface area contributed by atoms with E-state index < -0.39 is 40.4 Å². The molecule has 2 fully saturated rings. The van der Waals surface area contributed by atoms with Crippen molar-refractivity contribution in [3.8, 4) is 6.07 Å². The fourth-order valence-corrected chi connectivity index (χ4v) is 3.61. The highest BCUT2D eigenvalue weighted by Gasteiger charge is 2.64. The van der Waals surface area contributed by atoms with Crippen LogP contribution in [0.5, 0.6) is 0 Å². The molecule has 2 aromatic rings. The quantitative estimate of drug-likeness (QED) is 0.660. The van der Waals surface area contributed by atoms with Crippen LogP contribution in [0, 0.1) is 17.1 Å². The smallest absolute Gasteiger partial charge is 0.415 e. The maximum absolute atomic E-state index is 14.7. The largest absolute Gasteiger partial charge is 0.438 e. The van der Waals surface area contributed by atoms with Gasteiger partial charge < -0.3 is 15.4 Å². The van der Waals surface area contributed by atoms with E-state index in [1.165, 1.54) is 41.3 Å². The van der Waals surface area contributed by atoms with Crippen molar-refractivity contribution < 1.29 is 22.7 Å². The van der Waals surface area contributed by atoms with E-state index in [2.05, 4.69) is 22.9 Å². The Balaban J connectivity index is 1.51. The maximum Gasteiger partial charge on any atom is 0.415 e. The van der Waals surface area contributed by atoms with Crippen LogP contribution in [0.25, 0.3) is 0 Å². The van der Waals surface area contributed by atoms with Crippen molar-refractivity contribution in [3.63, 3.8) is 0 Å². The molecule has 1 unspecified atom stereocenters. The number of carbonyl (C=O) groups excluding carboxylic acids is 1. The minimum Gasteiger partial charge on any atom is -0.438 e. The van der Waals surface area contributed by atoms with Gasteiger partial charge in [0.1, 0.15) is 10.8 Å². The molecule has 1 aliphatic carbocycles. The first-order valence-corrected chi connectivity index (χ1v) is 9.83. The van der Waals surface area contributed by atoms with Gasteiger partial charge in [0.05, 0.1) is 41.3 Å². The van der Waals surface area contributed by atoms with E-state index in [-0.39, 0.29) is 29.2 Å². The van der Waals surface area contributed by atoms with Crippen LogP contribution in [-0.4, -0.2) is 35.7 Å². The monoisotopic (exact) mass is 460 g/mol. The molecule has 4 rings (SSSR count). The number of ether oxygens (including phenoxy) is 1. The lowest BCUT2D eigenvalue weighted by atomic mass is 10.2. The molecule has 32 heavy (non-hydrogen) atoms. The Hall–Kier alpha value is -3.65. The molecule has 2 atom stereocenters. The molecule has 2 aliphatic rings. The van der Waals surface area contributed by atoms with Gasteiger partial charge >= 0.3 is 6.09 Å². The summed E-state index contributed by atoms with van der Waals surface area (Å²) in [5.41, 5.74) is -1.02. The van der Waals surface area contributed by atoms with E-state index >= 15 is 0 Å². The molecular formula is C21H15F3N4O3S. The Morgan fingerprint density at radius 1 is 1.25 bits per heavy atom. The number of thiocarbonyl (C=S) groups is 1. The highest BCUT2D eigenvalue weighted by molar-refractivity contribution is 7.80. The SMILES string of the molecule is N#Cc1cccc(=O)c(Nc2ccc(N3C[C@]4(CC4NC(=S)C(F)F)OC3=O)cc2F)c1. The van der Waals surface area contributed by atoms with Crippen molar-refractivity contribution in [1.82, 2.24) is 5.32 Å². The van der Waals surface area contributed by atoms with Gasteiger partial charge in [0.15, 0.2) is 5.60 Å². The lowest BCUT2D eigenvalue weighted by Crippen LogP contribution is -2.36. The number of alkyl halides is 2. The van der Waals surface area contributed by atoms with Gasteiger partial charge in [0.2, 0.25) is 5.43 Å². The average Bonchev–Trinajstić information content (AvgIpc) is 3.34. The third kappa shape index (κ3) is 4.09. The molecule has 1 saturated heterocycles. The number of anilines is 3. The molecule has 2 N–H and O–H groups in total. The molecule has 7 nitrogen and oxygen atoms in total. The molecule has 1 spiro atoms. The van der Waals surface area contributed by atoms with Gasteiger partial charge in [-0.1, -0.05) is 18.3 Å². The Labute approximate surface area is 185 Å². The number of halogens is 3. The number of carbonyl (C=O) groups is 1. The summed E-state index contributed by atoms with van der Waals surface area (Å²) in [6.07, 6.45) is -3.23. The van der Waals surface area contributed by atoms with E-state index in [0.717, 1.165) is 6.07 Å². The van der Waals surface area contributed by atoms with Crippen LogP contribution in [0.1, 0.15) is 12.0 Å². The van der Waals surface area contributed by atoms with E-state index in [0.29, 0.717) is 6.42 Å². The first-order valence-electron chi connectivity index (χ1n) is 9.42. The summed E-state index contributed by atoms with van der Waals surface area (Å²) >= 11 is 4.57. The second kappa shape index (κ2) is 8.12. The molecule has 11 heteroatoms. The topological polar surface area (TPSA) is 94.5 Å². The standard InChI is InChI=1S/C21H15F3N4O3S/c22-13-7-12(4-5-14(13)26-15-6-11(9-25)2-1-3-16(15)29)28-10-21(31-20(28)30)8-17(21)27-19(32)18(23)24/h1-7,17-18H,8,10H2,(H,26,29)(H,27,32)/t17?,21-/m0/s1. The van der Waals surface area contributed by atoms with Gasteiger partial charge in [-0.05, 0) is 36.4 Å². The second-order valence-electron chi connectivity index (χ2n) is 7.39. The van der Waals surface area contributed by atoms with Gasteiger partial charge in [0, 0.05) is 6.42 Å². The Morgan fingerprint density at radius 2 is 2.03 bits per heavy atom. The maximum atomic E-state index is 14.7. The van der Waals surface area contributed by atoms with E-state index in [9.17, 15) is 22.8 Å². The van der Waals surface area contributed by atoms with Crippen molar-refractivity contribution in [2.45, 2.75) is 24.5 Å². The predicted molar refractivity (Wildman–Crippen MR) is 114 cm³/mol. The molecule has 2 aromatic carbocycles. The van der Waals surface area contributed by atoms with Crippen LogP contribution in [0.3, 0.4) is 0 Å². The van der Waals surface area contributed by atoms with Gasteiger partial charge in [-0.3, -0.25) is 9.69 Å². The minimum atomic E-state index is -2.81. The van der Waals surface area contributed by atoms with Gasteiger partial charge in [-0.2, -0.15) is 5.26 Å². The molecular weight excluding hydrogens is 445 g/mol. The van der Waals surface area contributed by atoms with Crippen LogP contribution in [0.15, 0.2) is 47.3 Å². The number of hydrogen-bond acceptors (Lipinski definition) is 6. The summed E-state index contributed by atoms with van der Waals surface area (Å²) in [6.45, 7) is 0.0479. The number of nitriles is 1. The first-order chi connectivity index (χ1) is 15.2. The van der Waals surface area contributed by atoms with Crippen LogP contribution < -0.4 is 21.0 Å². The molecule has 0 aromatic heterocycles. The summed E-state index contributed by atoms with van der Waals surface area (Å²) in [4.78, 5) is 25.0. The fourth-order valence-electron chi connectivity index (χ4n) is 3.47. The summed E-state index contributed by atoms with van der Waals surface area (Å²) in [6, 6.07) is 10.7. The third-order valence-electron chi connectivity index (χ3n) is 5.23. The van der Waals surface area contributed by atoms with Crippen LogP contribution >= 0.6 is 12.2 Å². The number of hydrogen-bond donors (Lipinski definition) is 2. The van der Waals surface area contributed by atoms with Crippen molar-refractivity contribution in [3.05, 3.63) is 64.1 Å². The van der Waals surface area contributed by atoms with E-state index in [4.69, 9.17) is 10.00 Å². The molecule has 1 saturated carbocycles. The number of rotatable bonds is 5. The summed E-state index contributed by atoms with van der Waals surface area (Å²) in [5.74, 6) is -0.745. The summed E-state index contributed by atoms with van der Waals surface area (Å²) in [5, 5.41) is 14.2. The zero-order chi connectivity index (χ0) is 23.0. The predicted octanol–water partition coefficient (Wildman–Crippen LogP) is 3.45. The molecule has 1 amide bonds. The minimum absolute atomic E-state index is 0.0135. The van der Waals surface area contributed by atoms with E-state index in [1.54, 1.807) is 0 Å². The normalized spacial score (nSPS) is 21.3. The average molecular weight is 460 g/mol. The number of amides is 1. The van der Waals surface area contributed by atoms with Crippen LogP contribution in [0.4, 0.5) is 35.0 Å². The van der Waals surface area contributed by atoms with Crippen molar-refractivity contribution in [2.24, 2.45) is 0 Å². The molecule has 1 heterocycles. The Kier molecular flexibility index (Phi) is 5.48. The van der Waals surface area contributed by atoms with Gasteiger partial charge in [0.25, 0.3) is 6.43 Å². The highest BCUT2D eigenvalue weighted by Crippen LogP contribution is 2.46. The van der Waals surface area contributed by atoms with Crippen LogP contribution in [-0.2, 0) is 4.74 Å². The summed E-state index contributed by atoms with van der Waals surface area (Å²) in [7, 11) is 0. The number of nitrogens with one attached hydrogen (secondary N) is 2. The lowest BCUT2D eigenvalue weighted by molar-refractivity contribution is 0.124. The number of nitrogens with zero attached hydrogens (tertiary/aromatic N) is 2. The molecule has 1 aliphatic heterocycles. The molecule has 0 radical (unpaired) electrons. The van der Waals surface area contributed by atoms with Crippen molar-refractivity contribution in [1.29, 1.82) is 5.26 Å². The highest BCUT2D eigenvalue weighted by atomic mass is 32.1. The second-order valence-corrected chi connectivity index (χ2v) is 7.83. The fraction of sp³-hybridized carbons (Fsp3) is 0.238. The van der Waals surface area contributed by atoms with Crippen LogP contribution in [0.2, 0.25) is 0 Å². The molecule has 164 valence electrons. The van der Waals surface area contributed by atoms with Gasteiger partial charge in [-0.15, -0.1) is 0 Å². The van der Waals surface area contributed by atoms with Crippen molar-refractivity contribution >= 4 is 40.4 Å². The lowest BCUT2D eigenvalue weighted by Gasteiger charge is -2.15. The zero-order valence-electron chi connectivity index (χ0n) is 16.3. The van der Waals surface area contributed by atoms with Gasteiger partial charge in [-0.25, -0.2) is 18.0 Å². The number of benzene rings is 1. The Bertz CT molecular complexity index is 1220. The third-order valence-corrected chi connectivity index (χ3v) is 5.52. The Morgan fingerprint density at radius 3 is 2.72 bits per heavy atom. The first kappa shape index (κ1) is 21.6. The molecule has 0 bridgehead atoms. The van der Waals surface area contributed by atoms with Crippen molar-refractivity contribution in [2.75, 3.05) is 16.8 Å².